The van der Waals surface area contributed by atoms with E-state index < -0.39 is 0 Å². The normalized spacial score (nSPS) is 16.1. The highest BCUT2D eigenvalue weighted by Crippen LogP contribution is 2.42. The Bertz CT molecular complexity index is 1110. The van der Waals surface area contributed by atoms with Crippen LogP contribution in [0, 0.1) is 0 Å². The largest absolute Gasteiger partial charge is 0.322 e. The van der Waals surface area contributed by atoms with Crippen LogP contribution in [-0.2, 0) is 4.79 Å². The molecule has 31 heavy (non-hydrogen) atoms. The van der Waals surface area contributed by atoms with E-state index in [0.717, 1.165) is 15.7 Å². The van der Waals surface area contributed by atoms with Crippen LogP contribution in [0.5, 0.6) is 0 Å². The van der Waals surface area contributed by atoms with Gasteiger partial charge in [-0.1, -0.05) is 50.2 Å². The number of carbonyl (C=O) groups excluding carboxylic acids is 2. The molecule has 4 rings (SSSR count). The van der Waals surface area contributed by atoms with Crippen molar-refractivity contribution in [1.29, 1.82) is 0 Å². The summed E-state index contributed by atoms with van der Waals surface area (Å²) in [5.41, 5.74) is 4.40. The highest BCUT2D eigenvalue weighted by Gasteiger charge is 2.34. The molecule has 0 radical (unpaired) electrons. The minimum absolute atomic E-state index is 0.0925. The van der Waals surface area contributed by atoms with Gasteiger partial charge in [-0.3, -0.25) is 14.5 Å². The summed E-state index contributed by atoms with van der Waals surface area (Å²) >= 11 is 5.02. The van der Waals surface area contributed by atoms with Crippen LogP contribution in [0.1, 0.15) is 46.6 Å². The molecule has 3 aromatic rings. The van der Waals surface area contributed by atoms with E-state index in [0.29, 0.717) is 22.9 Å². The monoisotopic (exact) mass is 494 g/mol. The smallest absolute Gasteiger partial charge is 0.256 e. The zero-order chi connectivity index (χ0) is 22.0. The topological polar surface area (TPSA) is 49.4 Å². The number of rotatable bonds is 5. The van der Waals surface area contributed by atoms with E-state index in [1.54, 1.807) is 17.8 Å². The van der Waals surface area contributed by atoms with Crippen LogP contribution in [0.15, 0.2) is 77.3 Å². The molecule has 1 atom stereocenters. The molecule has 1 saturated heterocycles. The first-order valence-corrected chi connectivity index (χ1v) is 12.0. The van der Waals surface area contributed by atoms with Crippen molar-refractivity contribution in [1.82, 2.24) is 0 Å². The Morgan fingerprint density at radius 3 is 2.52 bits per heavy atom. The lowest BCUT2D eigenvalue weighted by molar-refractivity contribution is -0.115. The first-order chi connectivity index (χ1) is 14.9. The fourth-order valence-electron chi connectivity index (χ4n) is 3.58. The van der Waals surface area contributed by atoms with Gasteiger partial charge in [-0.2, -0.15) is 0 Å². The van der Waals surface area contributed by atoms with E-state index in [-0.39, 0.29) is 17.2 Å². The van der Waals surface area contributed by atoms with Crippen molar-refractivity contribution in [2.24, 2.45) is 0 Å². The van der Waals surface area contributed by atoms with E-state index in [1.807, 2.05) is 59.5 Å². The molecule has 0 aromatic heterocycles. The molecule has 2 amide bonds. The Balaban J connectivity index is 1.58. The fraction of sp³-hybridized carbons (Fsp3) is 0.200. The average Bonchev–Trinajstić information content (AvgIpc) is 3.15. The summed E-state index contributed by atoms with van der Waals surface area (Å²) in [4.78, 5) is 27.2. The standard InChI is InChI=1S/C25H23BrN2O2S/c1-16(2)17-10-12-20(13-11-17)28-23(29)15-31-25(28)18-6-5-7-19(14-18)27-24(30)21-8-3-4-9-22(21)26/h3-14,16,25H,15H2,1-2H3,(H,27,30). The van der Waals surface area contributed by atoms with Crippen molar-refractivity contribution in [2.75, 3.05) is 16.0 Å². The predicted octanol–water partition coefficient (Wildman–Crippen LogP) is 6.60. The number of hydrogen-bond donors (Lipinski definition) is 1. The van der Waals surface area contributed by atoms with Crippen molar-refractivity contribution < 1.29 is 9.59 Å². The van der Waals surface area contributed by atoms with Crippen molar-refractivity contribution in [3.63, 3.8) is 0 Å². The summed E-state index contributed by atoms with van der Waals surface area (Å²) in [6.07, 6.45) is 0. The van der Waals surface area contributed by atoms with E-state index in [2.05, 4.69) is 47.2 Å². The molecule has 1 fully saturated rings. The number of hydrogen-bond acceptors (Lipinski definition) is 3. The average molecular weight is 495 g/mol. The van der Waals surface area contributed by atoms with Gasteiger partial charge in [-0.25, -0.2) is 0 Å². The van der Waals surface area contributed by atoms with Gasteiger partial charge in [-0.15, -0.1) is 11.8 Å². The SMILES string of the molecule is CC(C)c1ccc(N2C(=O)CSC2c2cccc(NC(=O)c3ccccc3Br)c2)cc1. The maximum Gasteiger partial charge on any atom is 0.256 e. The third-order valence-corrected chi connectivity index (χ3v) is 7.16. The number of anilines is 2. The van der Waals surface area contributed by atoms with Crippen molar-refractivity contribution in [2.45, 2.75) is 25.1 Å². The molecule has 0 aliphatic carbocycles. The maximum absolute atomic E-state index is 12.7. The van der Waals surface area contributed by atoms with Gasteiger partial charge in [0.15, 0.2) is 0 Å². The molecule has 3 aromatic carbocycles. The number of nitrogens with zero attached hydrogens (tertiary/aromatic N) is 1. The number of thioether (sulfide) groups is 1. The lowest BCUT2D eigenvalue weighted by Crippen LogP contribution is -2.27. The molecular weight excluding hydrogens is 472 g/mol. The zero-order valence-corrected chi connectivity index (χ0v) is 19.7. The Labute approximate surface area is 195 Å². The number of carbonyl (C=O) groups is 2. The Morgan fingerprint density at radius 1 is 1.06 bits per heavy atom. The second-order valence-corrected chi connectivity index (χ2v) is 9.66. The Morgan fingerprint density at radius 2 is 1.81 bits per heavy atom. The van der Waals surface area contributed by atoms with E-state index in [4.69, 9.17) is 0 Å². The molecule has 0 bridgehead atoms. The fourth-order valence-corrected chi connectivity index (χ4v) is 5.22. The second-order valence-electron chi connectivity index (χ2n) is 7.73. The summed E-state index contributed by atoms with van der Waals surface area (Å²) in [7, 11) is 0. The molecule has 1 N–H and O–H groups in total. The van der Waals surface area contributed by atoms with Gasteiger partial charge in [0, 0.05) is 15.8 Å². The minimum atomic E-state index is -0.180. The molecular formula is C25H23BrN2O2S. The van der Waals surface area contributed by atoms with Crippen molar-refractivity contribution >= 4 is 50.9 Å². The Hall–Kier alpha value is -2.57. The lowest BCUT2D eigenvalue weighted by Gasteiger charge is -2.25. The van der Waals surface area contributed by atoms with Gasteiger partial charge < -0.3 is 5.32 Å². The predicted molar refractivity (Wildman–Crippen MR) is 132 cm³/mol. The van der Waals surface area contributed by atoms with Gasteiger partial charge in [0.1, 0.15) is 5.37 Å². The second kappa shape index (κ2) is 9.28. The third kappa shape index (κ3) is 4.70. The van der Waals surface area contributed by atoms with Crippen LogP contribution in [-0.4, -0.2) is 17.6 Å². The summed E-state index contributed by atoms with van der Waals surface area (Å²) in [5, 5.41) is 2.84. The first-order valence-electron chi connectivity index (χ1n) is 10.1. The van der Waals surface area contributed by atoms with Gasteiger partial charge in [0.25, 0.3) is 5.91 Å². The van der Waals surface area contributed by atoms with Crippen LogP contribution >= 0.6 is 27.7 Å². The number of halogens is 1. The molecule has 1 aliphatic heterocycles. The summed E-state index contributed by atoms with van der Waals surface area (Å²) in [6.45, 7) is 4.31. The third-order valence-electron chi connectivity index (χ3n) is 5.25. The van der Waals surface area contributed by atoms with E-state index in [9.17, 15) is 9.59 Å². The molecule has 4 nitrogen and oxygen atoms in total. The first kappa shape index (κ1) is 21.7. The molecule has 1 unspecified atom stereocenters. The number of amides is 2. The summed E-state index contributed by atoms with van der Waals surface area (Å²) in [6, 6.07) is 23.2. The van der Waals surface area contributed by atoms with Gasteiger partial charge in [-0.05, 0) is 69.4 Å². The number of benzene rings is 3. The van der Waals surface area contributed by atoms with Crippen LogP contribution in [0.2, 0.25) is 0 Å². The minimum Gasteiger partial charge on any atom is -0.322 e. The van der Waals surface area contributed by atoms with Gasteiger partial charge in [0.05, 0.1) is 11.3 Å². The van der Waals surface area contributed by atoms with Crippen LogP contribution in [0.4, 0.5) is 11.4 Å². The van der Waals surface area contributed by atoms with E-state index >= 15 is 0 Å². The van der Waals surface area contributed by atoms with Gasteiger partial charge in [0.2, 0.25) is 5.91 Å². The highest BCUT2D eigenvalue weighted by molar-refractivity contribution is 9.10. The summed E-state index contributed by atoms with van der Waals surface area (Å²) < 4.78 is 0.747. The van der Waals surface area contributed by atoms with E-state index in [1.165, 1.54) is 5.56 Å². The lowest BCUT2D eigenvalue weighted by atomic mass is 10.0. The molecule has 1 aliphatic rings. The molecule has 158 valence electrons. The summed E-state index contributed by atoms with van der Waals surface area (Å²) in [5.74, 6) is 0.791. The highest BCUT2D eigenvalue weighted by atomic mass is 79.9. The number of nitrogens with one attached hydrogen (secondary N) is 1. The molecule has 0 spiro atoms. The van der Waals surface area contributed by atoms with Crippen LogP contribution in [0.25, 0.3) is 0 Å². The maximum atomic E-state index is 12.7. The van der Waals surface area contributed by atoms with Crippen LogP contribution < -0.4 is 10.2 Å². The van der Waals surface area contributed by atoms with Crippen molar-refractivity contribution in [3.8, 4) is 0 Å². The van der Waals surface area contributed by atoms with Crippen LogP contribution in [0.3, 0.4) is 0 Å². The molecule has 0 saturated carbocycles. The Kier molecular flexibility index (Phi) is 6.49. The molecule has 1 heterocycles. The van der Waals surface area contributed by atoms with Crippen molar-refractivity contribution in [3.05, 3.63) is 94.0 Å². The quantitative estimate of drug-likeness (QED) is 0.434. The molecule has 6 heteroatoms. The zero-order valence-electron chi connectivity index (χ0n) is 17.3. The van der Waals surface area contributed by atoms with Gasteiger partial charge >= 0.3 is 0 Å².